The lowest BCUT2D eigenvalue weighted by atomic mass is 9.33. The number of para-hydroxylation sites is 3. The summed E-state index contributed by atoms with van der Waals surface area (Å²) < 4.78 is 48.1. The van der Waals surface area contributed by atoms with Gasteiger partial charge in [-0.25, -0.2) is 9.97 Å². The molecule has 0 fully saturated rings. The topological polar surface area (TPSA) is 37.2 Å². The summed E-state index contributed by atoms with van der Waals surface area (Å²) in [4.78, 5) is 15.3. The molecule has 4 heterocycles. The van der Waals surface area contributed by atoms with Gasteiger partial charge in [0.15, 0.2) is 5.82 Å². The van der Waals surface area contributed by atoms with E-state index in [1.54, 1.807) is 0 Å². The van der Waals surface area contributed by atoms with Crippen LogP contribution >= 0.6 is 0 Å². The molecule has 2 aromatic heterocycles. The second-order valence-electron chi connectivity index (χ2n) is 25.2. The second kappa shape index (κ2) is 23.7. The van der Waals surface area contributed by atoms with Crippen molar-refractivity contribution in [2.75, 3.05) is 9.80 Å². The zero-order valence-electron chi connectivity index (χ0n) is 52.9. The van der Waals surface area contributed by atoms with E-state index in [1.165, 1.54) is 23.1 Å². The van der Waals surface area contributed by atoms with Gasteiger partial charge in [0.2, 0.25) is 0 Å². The van der Waals surface area contributed by atoms with Gasteiger partial charge in [0, 0.05) is 61.6 Å². The van der Waals surface area contributed by atoms with Crippen LogP contribution in [0.4, 0.5) is 47.3 Å². The smallest absolute Gasteiger partial charge is 0.311 e. The Balaban J connectivity index is 0.905. The van der Waals surface area contributed by atoms with Crippen LogP contribution in [0.3, 0.4) is 0 Å². The molecule has 0 radical (unpaired) electrons. The van der Waals surface area contributed by atoms with E-state index in [0.29, 0.717) is 28.5 Å². The highest BCUT2D eigenvalue weighted by Gasteiger charge is 2.44. The molecule has 14 aromatic carbocycles. The first kappa shape index (κ1) is 58.0. The van der Waals surface area contributed by atoms with Crippen molar-refractivity contribution >= 4 is 79.0 Å². The molecule has 0 N–H and O–H groups in total. The molecule has 0 saturated heterocycles. The van der Waals surface area contributed by atoms with E-state index in [4.69, 9.17) is 9.97 Å². The Morgan fingerprint density at radius 1 is 0.276 bits per heavy atom. The highest BCUT2D eigenvalue weighted by atomic mass is 19.4. The van der Waals surface area contributed by atoms with Gasteiger partial charge in [0.1, 0.15) is 0 Å². The number of halogens is 3. The van der Waals surface area contributed by atoms with E-state index < -0.39 is 11.7 Å². The number of aromatic nitrogens is 3. The molecule has 0 aliphatic carbocycles. The Bertz CT molecular complexity index is 5370. The summed E-state index contributed by atoms with van der Waals surface area (Å²) in [6.45, 7) is -0.172. The Morgan fingerprint density at radius 3 is 1.13 bits per heavy atom. The molecule has 462 valence electrons. The molecular weight excluding hydrogens is 1210 g/mol. The number of hydrogen-bond acceptors (Lipinski definition) is 4. The molecule has 2 aliphatic heterocycles. The van der Waals surface area contributed by atoms with E-state index in [1.807, 2.05) is 89.5 Å². The van der Waals surface area contributed by atoms with Gasteiger partial charge in [-0.15, -0.1) is 0 Å². The van der Waals surface area contributed by atoms with Gasteiger partial charge in [-0.1, -0.05) is 243 Å². The van der Waals surface area contributed by atoms with Crippen LogP contribution in [-0.2, 0) is 6.18 Å². The van der Waals surface area contributed by atoms with Crippen molar-refractivity contribution in [3.8, 4) is 95.2 Å². The van der Waals surface area contributed by atoms with Crippen molar-refractivity contribution in [1.82, 2.24) is 14.5 Å². The van der Waals surface area contributed by atoms with Gasteiger partial charge in [-0.2, -0.15) is 13.2 Å². The number of anilines is 6. The van der Waals surface area contributed by atoms with Gasteiger partial charge >= 0.3 is 6.18 Å². The number of hydrogen-bond donors (Lipinski definition) is 0. The number of benzene rings is 14. The van der Waals surface area contributed by atoms with Crippen LogP contribution in [-0.4, -0.2) is 21.2 Å². The largest absolute Gasteiger partial charge is 0.416 e. The van der Waals surface area contributed by atoms with Crippen LogP contribution in [0.25, 0.3) is 117 Å². The molecule has 0 saturated carbocycles. The molecule has 0 spiro atoms. The number of nitrogens with zero attached hydrogens (tertiary/aromatic N) is 5. The normalized spacial score (nSPS) is 12.4. The minimum atomic E-state index is -4.66. The van der Waals surface area contributed by atoms with Crippen LogP contribution in [0.2, 0.25) is 0 Å². The van der Waals surface area contributed by atoms with Crippen molar-refractivity contribution in [2.24, 2.45) is 0 Å². The van der Waals surface area contributed by atoms with E-state index >= 15 is 13.2 Å². The average Bonchev–Trinajstić information content (AvgIpc) is 0.750. The highest BCUT2D eigenvalue weighted by Crippen LogP contribution is 2.50. The predicted octanol–water partition coefficient (Wildman–Crippen LogP) is 22.0. The van der Waals surface area contributed by atoms with Crippen molar-refractivity contribution in [3.63, 3.8) is 0 Å². The molecule has 16 aromatic rings. The molecule has 2 aliphatic rings. The molecule has 9 heteroatoms. The lowest BCUT2D eigenvalue weighted by Crippen LogP contribution is -2.61. The first-order valence-electron chi connectivity index (χ1n) is 33.0. The summed E-state index contributed by atoms with van der Waals surface area (Å²) in [5.74, 6) is 0.297. The number of rotatable bonds is 11. The first-order valence-corrected chi connectivity index (χ1v) is 33.0. The fourth-order valence-corrected chi connectivity index (χ4v) is 14.9. The molecule has 98 heavy (non-hydrogen) atoms. The van der Waals surface area contributed by atoms with Gasteiger partial charge in [0.05, 0.1) is 33.7 Å². The maximum atomic E-state index is 15.4. The lowest BCUT2D eigenvalue weighted by Gasteiger charge is -2.44. The molecular formula is C89H57BF3N5. The van der Waals surface area contributed by atoms with E-state index in [0.717, 1.165) is 134 Å². The maximum Gasteiger partial charge on any atom is 0.416 e. The molecule has 0 atom stereocenters. The second-order valence-corrected chi connectivity index (χ2v) is 25.2. The fourth-order valence-electron chi connectivity index (χ4n) is 14.9. The summed E-state index contributed by atoms with van der Waals surface area (Å²) in [7, 11) is 0. The first-order chi connectivity index (χ1) is 48.2. The Morgan fingerprint density at radius 2 is 0.673 bits per heavy atom. The van der Waals surface area contributed by atoms with Crippen LogP contribution in [0, 0.1) is 0 Å². The molecule has 5 nitrogen and oxygen atoms in total. The standard InChI is InChI=1S/C89H57BF3N5/c91-89(92,93)70-44-45-74(88-94-78(62-33-15-5-16-34-62)57-79(95-88)63-35-17-6-18-36-63)84(56-70)98-80-40-22-19-37-73(80)75-53-64(43-46-81(75)98)69-54-85-87-86(55-69)97(72-51-67(60-29-11-3-12-30-60)48-68(52-72)61-31-13-4-14-32-61)83-42-24-21-39-77(83)90(87)76-38-20-23-41-82(76)96(85)71-49-65(58-25-7-1-8-26-58)47-66(50-71)59-27-9-2-10-28-59/h1-57H. The Labute approximate surface area is 566 Å². The minimum Gasteiger partial charge on any atom is -0.311 e. The summed E-state index contributed by atoms with van der Waals surface area (Å²) in [6.07, 6.45) is -4.66. The summed E-state index contributed by atoms with van der Waals surface area (Å²) in [5.41, 5.74) is 24.8. The fraction of sp³-hybridized carbons (Fsp3) is 0.0112. The Hall–Kier alpha value is -12.6. The van der Waals surface area contributed by atoms with Crippen molar-refractivity contribution in [1.29, 1.82) is 0 Å². The summed E-state index contributed by atoms with van der Waals surface area (Å²) >= 11 is 0. The quantitative estimate of drug-likeness (QED) is 0.121. The van der Waals surface area contributed by atoms with Crippen LogP contribution in [0.5, 0.6) is 0 Å². The average molecular weight is 1260 g/mol. The van der Waals surface area contributed by atoms with Crippen molar-refractivity contribution < 1.29 is 13.2 Å². The van der Waals surface area contributed by atoms with E-state index in [-0.39, 0.29) is 6.71 Å². The zero-order chi connectivity index (χ0) is 65.4. The number of fused-ring (bicyclic) bond motifs is 7. The summed E-state index contributed by atoms with van der Waals surface area (Å²) in [5, 5.41) is 1.74. The van der Waals surface area contributed by atoms with Crippen molar-refractivity contribution in [2.45, 2.75) is 6.18 Å². The number of alkyl halides is 3. The Kier molecular flexibility index (Phi) is 14.0. The SMILES string of the molecule is FC(F)(F)c1ccc(-c2nc(-c3ccccc3)cc(-c3ccccc3)n2)c(-n2c3ccccc3c3cc(-c4cc5c6c(c4)N(c4cc(-c7ccccc7)cc(-c7ccccc7)c4)c4ccccc4B6c4ccccc4N5c4cc(-c5ccccc5)cc(-c5ccccc5)c4)ccc32)c1. The molecule has 0 bridgehead atoms. The predicted molar refractivity (Wildman–Crippen MR) is 399 cm³/mol. The zero-order valence-corrected chi connectivity index (χ0v) is 52.9. The third kappa shape index (κ3) is 10.1. The van der Waals surface area contributed by atoms with Gasteiger partial charge in [-0.05, 0) is 175 Å². The monoisotopic (exact) mass is 1260 g/mol. The maximum absolute atomic E-state index is 15.4. The van der Waals surface area contributed by atoms with Gasteiger partial charge in [0.25, 0.3) is 6.71 Å². The van der Waals surface area contributed by atoms with Crippen LogP contribution in [0.15, 0.2) is 346 Å². The molecule has 18 rings (SSSR count). The minimum absolute atomic E-state index is 0.172. The summed E-state index contributed by atoms with van der Waals surface area (Å²) in [6, 6.07) is 119. The lowest BCUT2D eigenvalue weighted by molar-refractivity contribution is -0.137. The highest BCUT2D eigenvalue weighted by molar-refractivity contribution is 7.00. The third-order valence-corrected chi connectivity index (χ3v) is 19.3. The van der Waals surface area contributed by atoms with Crippen molar-refractivity contribution in [3.05, 3.63) is 351 Å². The molecule has 0 unspecified atom stereocenters. The van der Waals surface area contributed by atoms with Gasteiger partial charge in [-0.3, -0.25) is 0 Å². The third-order valence-electron chi connectivity index (χ3n) is 19.3. The van der Waals surface area contributed by atoms with E-state index in [9.17, 15) is 0 Å². The van der Waals surface area contributed by atoms with Gasteiger partial charge < -0.3 is 14.4 Å². The molecule has 0 amide bonds. The van der Waals surface area contributed by atoms with Crippen LogP contribution in [0.1, 0.15) is 5.56 Å². The van der Waals surface area contributed by atoms with E-state index in [2.05, 4.69) is 252 Å². The van der Waals surface area contributed by atoms with Crippen LogP contribution < -0.4 is 26.2 Å².